The highest BCUT2D eigenvalue weighted by Crippen LogP contribution is 2.32. The van der Waals surface area contributed by atoms with Crippen LogP contribution < -0.4 is 25.6 Å². The molecule has 1 saturated heterocycles. The summed E-state index contributed by atoms with van der Waals surface area (Å²) in [6, 6.07) is 5.56. The van der Waals surface area contributed by atoms with E-state index >= 15 is 0 Å². The van der Waals surface area contributed by atoms with Gasteiger partial charge in [0.25, 0.3) is 0 Å². The smallest absolute Gasteiger partial charge is 0.323 e. The lowest BCUT2D eigenvalue weighted by Gasteiger charge is -2.36. The molecule has 22 heavy (non-hydrogen) atoms. The Hall–Kier alpha value is -2.48. The highest BCUT2D eigenvalue weighted by Gasteiger charge is 2.26. The third-order valence-corrected chi connectivity index (χ3v) is 3.62. The van der Waals surface area contributed by atoms with Crippen LogP contribution >= 0.6 is 0 Å². The summed E-state index contributed by atoms with van der Waals surface area (Å²) in [6.07, 6.45) is 0. The number of hydrazine groups is 1. The van der Waals surface area contributed by atoms with Crippen molar-refractivity contribution in [2.75, 3.05) is 45.3 Å². The van der Waals surface area contributed by atoms with E-state index in [9.17, 15) is 9.59 Å². The van der Waals surface area contributed by atoms with Crippen molar-refractivity contribution in [2.45, 2.75) is 0 Å². The van der Waals surface area contributed by atoms with E-state index in [1.54, 1.807) is 14.2 Å². The molecule has 0 saturated carbocycles. The molecule has 2 rings (SSSR count). The number of amides is 2. The maximum absolute atomic E-state index is 11.8. The lowest BCUT2D eigenvalue weighted by Crippen LogP contribution is -2.53. The highest BCUT2D eigenvalue weighted by molar-refractivity contribution is 6.34. The first-order valence-corrected chi connectivity index (χ1v) is 6.87. The molecule has 0 spiro atoms. The lowest BCUT2D eigenvalue weighted by atomic mass is 10.2. The van der Waals surface area contributed by atoms with E-state index in [0.29, 0.717) is 26.2 Å². The zero-order chi connectivity index (χ0) is 16.1. The summed E-state index contributed by atoms with van der Waals surface area (Å²) in [7, 11) is 3.21. The molecule has 1 aromatic rings. The van der Waals surface area contributed by atoms with Crippen LogP contribution in [0.4, 0.5) is 5.69 Å². The summed E-state index contributed by atoms with van der Waals surface area (Å²) in [5.74, 6) is 5.04. The fourth-order valence-corrected chi connectivity index (χ4v) is 2.40. The largest absolute Gasteiger partial charge is 0.497 e. The topological polar surface area (TPSA) is 97.1 Å². The number of hydrogen-bond acceptors (Lipinski definition) is 6. The molecular weight excluding hydrogens is 288 g/mol. The zero-order valence-corrected chi connectivity index (χ0v) is 12.7. The average molecular weight is 308 g/mol. The van der Waals surface area contributed by atoms with E-state index in [0.717, 1.165) is 17.2 Å². The van der Waals surface area contributed by atoms with Crippen LogP contribution in [0.2, 0.25) is 0 Å². The number of carbonyl (C=O) groups is 2. The van der Waals surface area contributed by atoms with Gasteiger partial charge in [0.2, 0.25) is 0 Å². The molecule has 1 aromatic carbocycles. The Labute approximate surface area is 128 Å². The summed E-state index contributed by atoms with van der Waals surface area (Å²) in [6.45, 7) is 2.06. The van der Waals surface area contributed by atoms with Crippen LogP contribution in [0.15, 0.2) is 18.2 Å². The van der Waals surface area contributed by atoms with Gasteiger partial charge in [-0.25, -0.2) is 5.84 Å². The van der Waals surface area contributed by atoms with E-state index in [1.165, 1.54) is 4.90 Å². The van der Waals surface area contributed by atoms with Crippen molar-refractivity contribution in [2.24, 2.45) is 5.84 Å². The molecule has 0 aromatic heterocycles. The van der Waals surface area contributed by atoms with Gasteiger partial charge in [0.05, 0.1) is 19.9 Å². The van der Waals surface area contributed by atoms with Gasteiger partial charge in [0.1, 0.15) is 11.5 Å². The number of piperazine rings is 1. The molecule has 8 heteroatoms. The first-order valence-electron chi connectivity index (χ1n) is 6.87. The molecule has 1 heterocycles. The minimum Gasteiger partial charge on any atom is -0.497 e. The SMILES string of the molecule is COc1ccc(OC)c(N2CCN(C(=O)C(=O)NN)CC2)c1. The number of benzene rings is 1. The quantitative estimate of drug-likeness (QED) is 0.333. The first kappa shape index (κ1) is 15.9. The number of nitrogens with one attached hydrogen (secondary N) is 1. The van der Waals surface area contributed by atoms with Gasteiger partial charge in [-0.2, -0.15) is 0 Å². The van der Waals surface area contributed by atoms with Crippen LogP contribution in [0.25, 0.3) is 0 Å². The number of nitrogens with zero attached hydrogens (tertiary/aromatic N) is 2. The number of nitrogens with two attached hydrogens (primary N) is 1. The van der Waals surface area contributed by atoms with Gasteiger partial charge in [-0.15, -0.1) is 0 Å². The van der Waals surface area contributed by atoms with E-state index in [2.05, 4.69) is 4.90 Å². The second-order valence-electron chi connectivity index (χ2n) is 4.79. The molecule has 0 radical (unpaired) electrons. The maximum atomic E-state index is 11.8. The molecule has 1 aliphatic rings. The van der Waals surface area contributed by atoms with Gasteiger partial charge in [-0.3, -0.25) is 15.0 Å². The van der Waals surface area contributed by atoms with E-state index in [-0.39, 0.29) is 0 Å². The van der Waals surface area contributed by atoms with Crippen LogP contribution in [0.3, 0.4) is 0 Å². The minimum atomic E-state index is -0.799. The van der Waals surface area contributed by atoms with Gasteiger partial charge in [-0.05, 0) is 12.1 Å². The van der Waals surface area contributed by atoms with Gasteiger partial charge < -0.3 is 19.3 Å². The van der Waals surface area contributed by atoms with Gasteiger partial charge in [-0.1, -0.05) is 0 Å². The molecule has 0 unspecified atom stereocenters. The second-order valence-corrected chi connectivity index (χ2v) is 4.79. The molecule has 0 atom stereocenters. The summed E-state index contributed by atoms with van der Waals surface area (Å²) in [5.41, 5.74) is 2.76. The number of ether oxygens (including phenoxy) is 2. The number of methoxy groups -OCH3 is 2. The fourth-order valence-electron chi connectivity index (χ4n) is 2.40. The predicted octanol–water partition coefficient (Wildman–Crippen LogP) is -0.658. The Morgan fingerprint density at radius 3 is 2.36 bits per heavy atom. The van der Waals surface area contributed by atoms with Crippen molar-refractivity contribution in [1.29, 1.82) is 0 Å². The number of carbonyl (C=O) groups excluding carboxylic acids is 2. The Bertz CT molecular complexity index is 556. The summed E-state index contributed by atoms with van der Waals surface area (Å²) in [4.78, 5) is 26.6. The van der Waals surface area contributed by atoms with Gasteiger partial charge >= 0.3 is 11.8 Å². The predicted molar refractivity (Wildman–Crippen MR) is 80.7 cm³/mol. The number of rotatable bonds is 3. The lowest BCUT2D eigenvalue weighted by molar-refractivity contribution is -0.146. The van der Waals surface area contributed by atoms with Crippen molar-refractivity contribution >= 4 is 17.5 Å². The Kier molecular flexibility index (Phi) is 5.05. The molecule has 2 amide bonds. The number of hydrogen-bond donors (Lipinski definition) is 2. The Morgan fingerprint density at radius 1 is 1.14 bits per heavy atom. The Morgan fingerprint density at radius 2 is 1.82 bits per heavy atom. The normalized spacial score (nSPS) is 14.5. The van der Waals surface area contributed by atoms with Crippen LogP contribution in [0, 0.1) is 0 Å². The Balaban J connectivity index is 2.08. The monoisotopic (exact) mass is 308 g/mol. The summed E-state index contributed by atoms with van der Waals surface area (Å²) >= 11 is 0. The highest BCUT2D eigenvalue weighted by atomic mass is 16.5. The van der Waals surface area contributed by atoms with Gasteiger partial charge in [0, 0.05) is 32.2 Å². The first-order chi connectivity index (χ1) is 10.6. The summed E-state index contributed by atoms with van der Waals surface area (Å²) in [5, 5.41) is 0. The minimum absolute atomic E-state index is 0.437. The van der Waals surface area contributed by atoms with Gasteiger partial charge in [0.15, 0.2) is 0 Å². The fraction of sp³-hybridized carbons (Fsp3) is 0.429. The average Bonchev–Trinajstić information content (AvgIpc) is 2.59. The van der Waals surface area contributed by atoms with Crippen LogP contribution in [-0.2, 0) is 9.59 Å². The van der Waals surface area contributed by atoms with E-state index in [4.69, 9.17) is 15.3 Å². The van der Waals surface area contributed by atoms with Crippen LogP contribution in [-0.4, -0.2) is 57.1 Å². The standard InChI is InChI=1S/C14H20N4O4/c1-21-10-3-4-12(22-2)11(9-10)17-5-7-18(8-6-17)14(20)13(19)16-15/h3-4,9H,5-8,15H2,1-2H3,(H,16,19). The zero-order valence-electron chi connectivity index (χ0n) is 12.7. The van der Waals surface area contributed by atoms with Crippen molar-refractivity contribution < 1.29 is 19.1 Å². The van der Waals surface area contributed by atoms with Crippen LogP contribution in [0.5, 0.6) is 11.5 Å². The van der Waals surface area contributed by atoms with Crippen LogP contribution in [0.1, 0.15) is 0 Å². The third kappa shape index (κ3) is 3.22. The molecular formula is C14H20N4O4. The second kappa shape index (κ2) is 6.99. The molecule has 1 aliphatic heterocycles. The molecule has 8 nitrogen and oxygen atoms in total. The maximum Gasteiger partial charge on any atom is 0.323 e. The van der Waals surface area contributed by atoms with E-state index < -0.39 is 11.8 Å². The van der Waals surface area contributed by atoms with Crippen molar-refractivity contribution in [3.05, 3.63) is 18.2 Å². The third-order valence-electron chi connectivity index (χ3n) is 3.62. The summed E-state index contributed by atoms with van der Waals surface area (Å²) < 4.78 is 10.6. The van der Waals surface area contributed by atoms with E-state index in [1.807, 2.05) is 23.6 Å². The van der Waals surface area contributed by atoms with Crippen molar-refractivity contribution in [3.63, 3.8) is 0 Å². The molecule has 120 valence electrons. The molecule has 3 N–H and O–H groups in total. The van der Waals surface area contributed by atoms with Crippen molar-refractivity contribution in [3.8, 4) is 11.5 Å². The van der Waals surface area contributed by atoms with Crippen molar-refractivity contribution in [1.82, 2.24) is 10.3 Å². The molecule has 0 aliphatic carbocycles. The molecule has 0 bridgehead atoms. The number of anilines is 1. The molecule has 1 fully saturated rings.